The topological polar surface area (TPSA) is 50.8 Å². The smallest absolute Gasteiger partial charge is 0.138 e. The van der Waals surface area contributed by atoms with Crippen molar-refractivity contribution in [2.75, 3.05) is 0 Å². The number of nitrogens with one attached hydrogen (secondary N) is 1. The van der Waals surface area contributed by atoms with Crippen LogP contribution in [0.15, 0.2) is 103 Å². The predicted molar refractivity (Wildman–Crippen MR) is 119 cm³/mol. The quantitative estimate of drug-likeness (QED) is 0.351. The van der Waals surface area contributed by atoms with E-state index in [4.69, 9.17) is 9.72 Å². The van der Waals surface area contributed by atoms with Gasteiger partial charge in [0.15, 0.2) is 0 Å². The van der Waals surface area contributed by atoms with Crippen LogP contribution in [0.5, 0.6) is 11.5 Å². The van der Waals surface area contributed by atoms with Gasteiger partial charge in [-0.3, -0.25) is 4.98 Å². The number of aromatic amines is 1. The van der Waals surface area contributed by atoms with Crippen molar-refractivity contribution in [3.8, 4) is 45.4 Å². The van der Waals surface area contributed by atoms with Gasteiger partial charge >= 0.3 is 0 Å². The fourth-order valence-corrected chi connectivity index (χ4v) is 3.41. The first kappa shape index (κ1) is 18.8. The Hall–Kier alpha value is -4.25. The van der Waals surface area contributed by atoms with Gasteiger partial charge in [-0.25, -0.2) is 9.37 Å². The van der Waals surface area contributed by atoms with Crippen LogP contribution in [0, 0.1) is 5.82 Å². The molecule has 0 atom stereocenters. The SMILES string of the molecule is Fc1cccc(-c2nc(-c3cccc(Oc4ccccc4)c3)c(-c3ccncc3)[nH]2)c1. The summed E-state index contributed by atoms with van der Waals surface area (Å²) in [7, 11) is 0. The van der Waals surface area contributed by atoms with Gasteiger partial charge in [0.2, 0.25) is 0 Å². The molecule has 5 heteroatoms. The molecule has 0 aliphatic heterocycles. The van der Waals surface area contributed by atoms with E-state index < -0.39 is 0 Å². The molecule has 2 aromatic heterocycles. The molecule has 3 aromatic carbocycles. The van der Waals surface area contributed by atoms with E-state index in [0.717, 1.165) is 28.3 Å². The summed E-state index contributed by atoms with van der Waals surface area (Å²) in [4.78, 5) is 12.3. The van der Waals surface area contributed by atoms with Crippen LogP contribution in [-0.2, 0) is 0 Å². The Labute approximate surface area is 179 Å². The molecule has 0 aliphatic carbocycles. The van der Waals surface area contributed by atoms with Crippen molar-refractivity contribution in [2.24, 2.45) is 0 Å². The van der Waals surface area contributed by atoms with Gasteiger partial charge in [-0.15, -0.1) is 0 Å². The molecular formula is C26H18FN3O. The molecule has 0 amide bonds. The van der Waals surface area contributed by atoms with Gasteiger partial charge in [-0.05, 0) is 48.5 Å². The van der Waals surface area contributed by atoms with Crippen LogP contribution >= 0.6 is 0 Å². The number of nitrogens with zero attached hydrogens (tertiary/aromatic N) is 2. The number of halogens is 1. The average Bonchev–Trinajstić information content (AvgIpc) is 3.26. The number of H-pyrrole nitrogens is 1. The summed E-state index contributed by atoms with van der Waals surface area (Å²) >= 11 is 0. The summed E-state index contributed by atoms with van der Waals surface area (Å²) in [5, 5.41) is 0. The van der Waals surface area contributed by atoms with Gasteiger partial charge in [0.05, 0.1) is 11.4 Å². The zero-order chi connectivity index (χ0) is 21.0. The lowest BCUT2D eigenvalue weighted by Gasteiger charge is -2.08. The Bertz CT molecular complexity index is 1320. The van der Waals surface area contributed by atoms with Gasteiger partial charge in [0.1, 0.15) is 23.1 Å². The van der Waals surface area contributed by atoms with Crippen LogP contribution in [0.4, 0.5) is 4.39 Å². The summed E-state index contributed by atoms with van der Waals surface area (Å²) in [6.45, 7) is 0. The van der Waals surface area contributed by atoms with Crippen molar-refractivity contribution in [2.45, 2.75) is 0 Å². The first-order chi connectivity index (χ1) is 15.3. The lowest BCUT2D eigenvalue weighted by Crippen LogP contribution is -1.87. The highest BCUT2D eigenvalue weighted by atomic mass is 19.1. The fourth-order valence-electron chi connectivity index (χ4n) is 3.41. The van der Waals surface area contributed by atoms with Gasteiger partial charge in [-0.2, -0.15) is 0 Å². The van der Waals surface area contributed by atoms with Gasteiger partial charge < -0.3 is 9.72 Å². The lowest BCUT2D eigenvalue weighted by atomic mass is 10.1. The molecule has 5 rings (SSSR count). The van der Waals surface area contributed by atoms with E-state index in [9.17, 15) is 4.39 Å². The number of ether oxygens (including phenoxy) is 1. The molecule has 0 bridgehead atoms. The molecular weight excluding hydrogens is 389 g/mol. The maximum absolute atomic E-state index is 13.8. The van der Waals surface area contributed by atoms with Crippen molar-refractivity contribution in [1.82, 2.24) is 15.0 Å². The first-order valence-corrected chi connectivity index (χ1v) is 9.86. The number of hydrogen-bond acceptors (Lipinski definition) is 3. The zero-order valence-corrected chi connectivity index (χ0v) is 16.5. The van der Waals surface area contributed by atoms with Crippen LogP contribution < -0.4 is 4.74 Å². The number of hydrogen-bond donors (Lipinski definition) is 1. The van der Waals surface area contributed by atoms with Crippen LogP contribution in [-0.4, -0.2) is 15.0 Å². The highest BCUT2D eigenvalue weighted by Gasteiger charge is 2.16. The predicted octanol–water partition coefficient (Wildman–Crippen LogP) is 6.74. The molecule has 0 fully saturated rings. The maximum Gasteiger partial charge on any atom is 0.138 e. The van der Waals surface area contributed by atoms with Crippen LogP contribution in [0.3, 0.4) is 0 Å². The van der Waals surface area contributed by atoms with Gasteiger partial charge in [0, 0.05) is 29.1 Å². The average molecular weight is 407 g/mol. The minimum absolute atomic E-state index is 0.306. The molecule has 4 nitrogen and oxygen atoms in total. The Balaban J connectivity index is 1.60. The van der Waals surface area contributed by atoms with Crippen molar-refractivity contribution < 1.29 is 9.13 Å². The minimum Gasteiger partial charge on any atom is -0.457 e. The summed E-state index contributed by atoms with van der Waals surface area (Å²) in [6.07, 6.45) is 3.47. The van der Waals surface area contributed by atoms with Crippen LogP contribution in [0.1, 0.15) is 0 Å². The molecule has 0 saturated heterocycles. The summed E-state index contributed by atoms with van der Waals surface area (Å²) in [6, 6.07) is 27.6. The standard InChI is InChI=1S/C26H18FN3O/c27-21-8-4-7-20(16-21)26-29-24(18-12-14-28-15-13-18)25(30-26)19-6-5-11-23(17-19)31-22-9-2-1-3-10-22/h1-17H,(H,29,30). The third kappa shape index (κ3) is 4.07. The first-order valence-electron chi connectivity index (χ1n) is 9.86. The molecule has 0 aliphatic rings. The molecule has 5 aromatic rings. The van der Waals surface area contributed by atoms with E-state index >= 15 is 0 Å². The lowest BCUT2D eigenvalue weighted by molar-refractivity contribution is 0.483. The highest BCUT2D eigenvalue weighted by Crippen LogP contribution is 2.35. The second-order valence-electron chi connectivity index (χ2n) is 7.00. The molecule has 31 heavy (non-hydrogen) atoms. The van der Waals surface area contributed by atoms with Crippen molar-refractivity contribution >= 4 is 0 Å². The summed E-state index contributed by atoms with van der Waals surface area (Å²) < 4.78 is 19.8. The number of imidazole rings is 1. The normalized spacial score (nSPS) is 10.7. The second-order valence-corrected chi connectivity index (χ2v) is 7.00. The summed E-state index contributed by atoms with van der Waals surface area (Å²) in [5.41, 5.74) is 4.09. The molecule has 2 heterocycles. The zero-order valence-electron chi connectivity index (χ0n) is 16.5. The molecule has 0 spiro atoms. The summed E-state index contributed by atoms with van der Waals surface area (Å²) in [5.74, 6) is 1.76. The van der Waals surface area contributed by atoms with E-state index in [0.29, 0.717) is 17.1 Å². The van der Waals surface area contributed by atoms with Crippen LogP contribution in [0.25, 0.3) is 33.9 Å². The second kappa shape index (κ2) is 8.24. The van der Waals surface area contributed by atoms with E-state index in [2.05, 4.69) is 9.97 Å². The largest absolute Gasteiger partial charge is 0.457 e. The number of aromatic nitrogens is 3. The third-order valence-electron chi connectivity index (χ3n) is 4.86. The molecule has 0 radical (unpaired) electrons. The van der Waals surface area contributed by atoms with E-state index in [1.165, 1.54) is 12.1 Å². The Kier molecular flexibility index (Phi) is 4.99. The molecule has 0 saturated carbocycles. The number of pyridine rings is 1. The monoisotopic (exact) mass is 407 g/mol. The van der Waals surface area contributed by atoms with E-state index in [1.54, 1.807) is 18.5 Å². The van der Waals surface area contributed by atoms with Crippen molar-refractivity contribution in [3.05, 3.63) is 109 Å². The number of rotatable bonds is 5. The third-order valence-corrected chi connectivity index (χ3v) is 4.86. The molecule has 150 valence electrons. The Morgan fingerprint density at radius 1 is 0.677 bits per heavy atom. The molecule has 0 unspecified atom stereocenters. The van der Waals surface area contributed by atoms with Crippen molar-refractivity contribution in [3.63, 3.8) is 0 Å². The van der Waals surface area contributed by atoms with Gasteiger partial charge in [0.25, 0.3) is 0 Å². The van der Waals surface area contributed by atoms with E-state index in [1.807, 2.05) is 72.8 Å². The van der Waals surface area contributed by atoms with Crippen molar-refractivity contribution in [1.29, 1.82) is 0 Å². The Morgan fingerprint density at radius 3 is 2.23 bits per heavy atom. The van der Waals surface area contributed by atoms with E-state index in [-0.39, 0.29) is 5.82 Å². The van der Waals surface area contributed by atoms with Crippen LogP contribution in [0.2, 0.25) is 0 Å². The molecule has 1 N–H and O–H groups in total. The van der Waals surface area contributed by atoms with Gasteiger partial charge in [-0.1, -0.05) is 42.5 Å². The minimum atomic E-state index is -0.306. The number of benzene rings is 3. The fraction of sp³-hybridized carbons (Fsp3) is 0. The highest BCUT2D eigenvalue weighted by molar-refractivity contribution is 5.81. The Morgan fingerprint density at radius 2 is 1.42 bits per heavy atom. The number of para-hydroxylation sites is 1. The maximum atomic E-state index is 13.8.